The molecule has 0 aromatic carbocycles. The number of carbonyl (C=O) groups is 1. The van der Waals surface area contributed by atoms with Gasteiger partial charge in [-0.3, -0.25) is 4.79 Å². The molecule has 1 amide bonds. The van der Waals surface area contributed by atoms with Crippen molar-refractivity contribution in [2.24, 2.45) is 0 Å². The van der Waals surface area contributed by atoms with Gasteiger partial charge >= 0.3 is 0 Å². The highest BCUT2D eigenvalue weighted by atomic mass is 16.5. The molecule has 0 radical (unpaired) electrons. The molecule has 0 saturated carbocycles. The minimum Gasteiger partial charge on any atom is -0.475 e. The van der Waals surface area contributed by atoms with Crippen LogP contribution in [0.3, 0.4) is 0 Å². The maximum Gasteiger partial charge on any atom is 0.257 e. The lowest BCUT2D eigenvalue weighted by Crippen LogP contribution is -2.43. The van der Waals surface area contributed by atoms with Crippen molar-refractivity contribution in [3.05, 3.63) is 29.4 Å². The van der Waals surface area contributed by atoms with Crippen molar-refractivity contribution in [1.29, 1.82) is 0 Å². The molecule has 140 valence electrons. The van der Waals surface area contributed by atoms with Crippen molar-refractivity contribution < 1.29 is 14.1 Å². The molecule has 1 aliphatic heterocycles. The van der Waals surface area contributed by atoms with Crippen molar-refractivity contribution in [3.63, 3.8) is 0 Å². The van der Waals surface area contributed by atoms with Crippen LogP contribution in [-0.4, -0.2) is 51.7 Å². The zero-order valence-corrected chi connectivity index (χ0v) is 15.5. The van der Waals surface area contributed by atoms with Crippen LogP contribution in [0.5, 0.6) is 5.88 Å². The predicted molar refractivity (Wildman–Crippen MR) is 96.1 cm³/mol. The molecule has 3 rings (SSSR count). The lowest BCUT2D eigenvalue weighted by atomic mass is 10.0. The van der Waals surface area contributed by atoms with E-state index in [9.17, 15) is 4.79 Å². The van der Waals surface area contributed by atoms with Crippen LogP contribution in [0.1, 0.15) is 36.8 Å². The first-order chi connectivity index (χ1) is 12.6. The minimum atomic E-state index is 0.118. The normalized spacial score (nSPS) is 15.1. The van der Waals surface area contributed by atoms with Gasteiger partial charge in [-0.1, -0.05) is 5.16 Å². The lowest BCUT2D eigenvalue weighted by molar-refractivity contribution is -0.131. The fraction of sp³-hybridized carbons (Fsp3) is 0.556. The summed E-state index contributed by atoms with van der Waals surface area (Å²) in [7, 11) is 0. The highest BCUT2D eigenvalue weighted by Crippen LogP contribution is 2.22. The van der Waals surface area contributed by atoms with Crippen LogP contribution in [0.25, 0.3) is 0 Å². The number of nitrogens with zero attached hydrogens (tertiary/aromatic N) is 4. The summed E-state index contributed by atoms with van der Waals surface area (Å²) in [5.41, 5.74) is 1.69. The Morgan fingerprint density at radius 1 is 1.31 bits per heavy atom. The number of hydrogen-bond donors (Lipinski definition) is 1. The molecule has 26 heavy (non-hydrogen) atoms. The number of anilines is 1. The van der Waals surface area contributed by atoms with Crippen molar-refractivity contribution in [2.45, 2.75) is 46.1 Å². The summed E-state index contributed by atoms with van der Waals surface area (Å²) >= 11 is 0. The second kappa shape index (κ2) is 8.16. The molecule has 3 heterocycles. The quantitative estimate of drug-likeness (QED) is 0.844. The van der Waals surface area contributed by atoms with Crippen molar-refractivity contribution in [3.8, 4) is 5.88 Å². The van der Waals surface area contributed by atoms with Gasteiger partial charge in [-0.2, -0.15) is 0 Å². The van der Waals surface area contributed by atoms with E-state index in [1.54, 1.807) is 12.4 Å². The van der Waals surface area contributed by atoms with Crippen molar-refractivity contribution in [2.75, 3.05) is 25.0 Å². The van der Waals surface area contributed by atoms with Gasteiger partial charge in [0.05, 0.1) is 18.7 Å². The average molecular weight is 359 g/mol. The van der Waals surface area contributed by atoms with Crippen LogP contribution in [0.2, 0.25) is 0 Å². The Bertz CT molecular complexity index is 734. The minimum absolute atomic E-state index is 0.118. The number of carbonyl (C=O) groups excluding carboxylic acids is 1. The molecule has 8 nitrogen and oxygen atoms in total. The molecule has 1 fully saturated rings. The van der Waals surface area contributed by atoms with E-state index in [-0.39, 0.29) is 11.9 Å². The third-order valence-electron chi connectivity index (χ3n) is 4.64. The first-order valence-electron chi connectivity index (χ1n) is 8.98. The molecule has 2 aromatic rings. The molecule has 2 aromatic heterocycles. The number of hydrogen-bond acceptors (Lipinski definition) is 7. The molecule has 0 unspecified atom stereocenters. The summed E-state index contributed by atoms with van der Waals surface area (Å²) in [6, 6.07) is 0.244. The fourth-order valence-corrected chi connectivity index (χ4v) is 3.15. The van der Waals surface area contributed by atoms with Crippen LogP contribution >= 0.6 is 0 Å². The zero-order chi connectivity index (χ0) is 18.5. The highest BCUT2D eigenvalue weighted by Gasteiger charge is 2.25. The molecule has 1 N–H and O–H groups in total. The molecular weight excluding hydrogens is 334 g/mol. The van der Waals surface area contributed by atoms with E-state index in [0.29, 0.717) is 37.8 Å². The number of rotatable bonds is 6. The van der Waals surface area contributed by atoms with Crippen molar-refractivity contribution >= 4 is 11.7 Å². The molecule has 0 aliphatic carbocycles. The van der Waals surface area contributed by atoms with Gasteiger partial charge in [0.15, 0.2) is 5.82 Å². The summed E-state index contributed by atoms with van der Waals surface area (Å²) in [4.78, 5) is 23.0. The monoisotopic (exact) mass is 359 g/mol. The molecule has 0 atom stereocenters. The van der Waals surface area contributed by atoms with Gasteiger partial charge in [0, 0.05) is 37.1 Å². The number of nitrogens with one attached hydrogen (secondary N) is 1. The smallest absolute Gasteiger partial charge is 0.257 e. The predicted octanol–water partition coefficient (Wildman–Crippen LogP) is 2.13. The van der Waals surface area contributed by atoms with Gasteiger partial charge in [-0.15, -0.1) is 0 Å². The van der Waals surface area contributed by atoms with Gasteiger partial charge in [0.2, 0.25) is 5.91 Å². The summed E-state index contributed by atoms with van der Waals surface area (Å²) < 4.78 is 10.6. The van der Waals surface area contributed by atoms with Gasteiger partial charge in [-0.25, -0.2) is 9.97 Å². The number of aromatic nitrogens is 3. The van der Waals surface area contributed by atoms with E-state index < -0.39 is 0 Å². The molecule has 8 heteroatoms. The third-order valence-corrected chi connectivity index (χ3v) is 4.64. The summed E-state index contributed by atoms with van der Waals surface area (Å²) in [5, 5.41) is 7.31. The number of amides is 1. The Hall–Kier alpha value is -2.64. The van der Waals surface area contributed by atoms with Crippen LogP contribution in [0.4, 0.5) is 5.82 Å². The number of ether oxygens (including phenoxy) is 1. The highest BCUT2D eigenvalue weighted by molar-refractivity contribution is 5.79. The Kier molecular flexibility index (Phi) is 5.70. The Morgan fingerprint density at radius 2 is 2.04 bits per heavy atom. The number of piperidine rings is 1. The molecule has 0 spiro atoms. The topological polar surface area (TPSA) is 93.4 Å². The number of aryl methyl sites for hydroxylation is 2. The molecule has 1 aliphatic rings. The average Bonchev–Trinajstić information content (AvgIpc) is 2.96. The van der Waals surface area contributed by atoms with E-state index in [2.05, 4.69) is 20.4 Å². The molecule has 0 bridgehead atoms. The van der Waals surface area contributed by atoms with Gasteiger partial charge in [0.1, 0.15) is 5.76 Å². The van der Waals surface area contributed by atoms with Crippen LogP contribution in [-0.2, 0) is 11.2 Å². The van der Waals surface area contributed by atoms with Crippen LogP contribution in [0, 0.1) is 13.8 Å². The Morgan fingerprint density at radius 3 is 2.69 bits per heavy atom. The number of likely N-dealkylation sites (tertiary alicyclic amines) is 1. The molecular formula is C18H25N5O3. The van der Waals surface area contributed by atoms with Gasteiger partial charge < -0.3 is 19.5 Å². The van der Waals surface area contributed by atoms with Gasteiger partial charge in [0.25, 0.3) is 5.88 Å². The maximum absolute atomic E-state index is 12.6. The Labute approximate surface area is 152 Å². The van der Waals surface area contributed by atoms with E-state index in [1.165, 1.54) is 0 Å². The first kappa shape index (κ1) is 18.2. The summed E-state index contributed by atoms with van der Waals surface area (Å²) in [6.07, 6.45) is 5.32. The first-order valence-corrected chi connectivity index (χ1v) is 8.98. The van der Waals surface area contributed by atoms with Crippen LogP contribution < -0.4 is 10.1 Å². The largest absolute Gasteiger partial charge is 0.475 e. The molecule has 1 saturated heterocycles. The standard InChI is InChI=1S/C18H25N5O3/c1-4-25-18-17(19-7-8-20-18)21-14-5-9-23(10-6-14)16(24)11-15-12(2)22-26-13(15)3/h7-8,14H,4-6,9-11H2,1-3H3,(H,19,21). The third kappa shape index (κ3) is 4.12. The zero-order valence-electron chi connectivity index (χ0n) is 15.5. The van der Waals surface area contributed by atoms with E-state index >= 15 is 0 Å². The second-order valence-corrected chi connectivity index (χ2v) is 6.42. The van der Waals surface area contributed by atoms with Crippen LogP contribution in [0.15, 0.2) is 16.9 Å². The lowest BCUT2D eigenvalue weighted by Gasteiger charge is -2.32. The summed E-state index contributed by atoms with van der Waals surface area (Å²) in [5.74, 6) is 2.02. The van der Waals surface area contributed by atoms with E-state index in [4.69, 9.17) is 9.26 Å². The van der Waals surface area contributed by atoms with E-state index in [0.717, 1.165) is 29.9 Å². The SMILES string of the molecule is CCOc1nccnc1NC1CCN(C(=O)Cc2c(C)noc2C)CC1. The van der Waals surface area contributed by atoms with Gasteiger partial charge in [-0.05, 0) is 33.6 Å². The fourth-order valence-electron chi connectivity index (χ4n) is 3.15. The summed E-state index contributed by atoms with van der Waals surface area (Å²) in [6.45, 7) is 7.60. The Balaban J connectivity index is 1.54. The maximum atomic E-state index is 12.6. The van der Waals surface area contributed by atoms with Crippen molar-refractivity contribution in [1.82, 2.24) is 20.0 Å². The second-order valence-electron chi connectivity index (χ2n) is 6.42. The van der Waals surface area contributed by atoms with E-state index in [1.807, 2.05) is 25.7 Å².